The molecule has 172 valence electrons. The molecule has 0 aliphatic carbocycles. The lowest BCUT2D eigenvalue weighted by Gasteiger charge is -2.29. The monoisotopic (exact) mass is 490 g/mol. The molecule has 3 heterocycles. The first kappa shape index (κ1) is 22.3. The molecule has 2 aromatic carbocycles. The summed E-state index contributed by atoms with van der Waals surface area (Å²) in [6, 6.07) is 8.04. The first-order valence-electron chi connectivity index (χ1n) is 10.8. The van der Waals surface area contributed by atoms with Crippen molar-refractivity contribution in [3.8, 4) is 0 Å². The topological polar surface area (TPSA) is 63.0 Å². The fraction of sp³-hybridized carbons (Fsp3) is 0.333. The van der Waals surface area contributed by atoms with Crippen molar-refractivity contribution < 1.29 is 18.3 Å². The Morgan fingerprint density at radius 3 is 2.55 bits per heavy atom. The van der Waals surface area contributed by atoms with Gasteiger partial charge in [0, 0.05) is 26.2 Å². The number of rotatable bonds is 5. The maximum atomic E-state index is 13.9. The molecule has 2 aliphatic heterocycles. The molecule has 0 radical (unpaired) electrons. The Morgan fingerprint density at radius 1 is 1.00 bits per heavy atom. The number of fused-ring (bicyclic) bond motifs is 2. The second kappa shape index (κ2) is 9.06. The fourth-order valence-corrected chi connectivity index (χ4v) is 4.85. The van der Waals surface area contributed by atoms with E-state index < -0.39 is 17.3 Å². The van der Waals surface area contributed by atoms with Crippen molar-refractivity contribution in [1.29, 1.82) is 0 Å². The van der Waals surface area contributed by atoms with Gasteiger partial charge in [0.05, 0.1) is 40.3 Å². The summed E-state index contributed by atoms with van der Waals surface area (Å²) < 4.78 is 25.1. The van der Waals surface area contributed by atoms with Gasteiger partial charge in [0.25, 0.3) is 5.91 Å². The van der Waals surface area contributed by atoms with Crippen LogP contribution in [-0.2, 0) is 4.74 Å². The van der Waals surface area contributed by atoms with E-state index in [0.29, 0.717) is 41.8 Å². The molecule has 1 saturated heterocycles. The van der Waals surface area contributed by atoms with Crippen LogP contribution in [0.3, 0.4) is 0 Å². The van der Waals surface area contributed by atoms with E-state index in [1.165, 1.54) is 12.1 Å². The third-order valence-corrected chi connectivity index (χ3v) is 6.90. The average molecular weight is 491 g/mol. The quantitative estimate of drug-likeness (QED) is 0.526. The number of halogens is 3. The number of hydrogen-bond donors (Lipinski definition) is 0. The SMILES string of the molecule is O=C1c2oc3ccc(F)cc3c(=O)c2C(c2ccc(Cl)c(Cl)c2)N1CCCN1CCOCC1. The van der Waals surface area contributed by atoms with Gasteiger partial charge >= 0.3 is 0 Å². The molecule has 9 heteroatoms. The molecule has 5 rings (SSSR count). The number of amides is 1. The minimum absolute atomic E-state index is 0.0125. The molecule has 0 N–H and O–H groups in total. The average Bonchev–Trinajstić information content (AvgIpc) is 3.09. The van der Waals surface area contributed by atoms with E-state index in [4.69, 9.17) is 32.4 Å². The van der Waals surface area contributed by atoms with Gasteiger partial charge in [-0.25, -0.2) is 4.39 Å². The summed E-state index contributed by atoms with van der Waals surface area (Å²) in [4.78, 5) is 30.8. The maximum absolute atomic E-state index is 13.9. The van der Waals surface area contributed by atoms with Crippen molar-refractivity contribution in [1.82, 2.24) is 9.80 Å². The molecule has 0 bridgehead atoms. The van der Waals surface area contributed by atoms with Gasteiger partial charge in [-0.3, -0.25) is 14.5 Å². The summed E-state index contributed by atoms with van der Waals surface area (Å²) in [6.45, 7) is 4.30. The highest BCUT2D eigenvalue weighted by Crippen LogP contribution is 2.39. The Labute approximate surface area is 199 Å². The first-order chi connectivity index (χ1) is 15.9. The molecule has 1 aromatic heterocycles. The number of morpholine rings is 1. The van der Waals surface area contributed by atoms with Gasteiger partial charge < -0.3 is 14.1 Å². The number of benzene rings is 2. The predicted molar refractivity (Wildman–Crippen MR) is 124 cm³/mol. The summed E-state index contributed by atoms with van der Waals surface area (Å²) in [6.07, 6.45) is 0.708. The van der Waals surface area contributed by atoms with Crippen LogP contribution in [0.15, 0.2) is 45.6 Å². The molecular weight excluding hydrogens is 470 g/mol. The summed E-state index contributed by atoms with van der Waals surface area (Å²) in [5.41, 5.74) is 0.594. The number of carbonyl (C=O) groups excluding carboxylic acids is 1. The molecule has 0 saturated carbocycles. The fourth-order valence-electron chi connectivity index (χ4n) is 4.54. The lowest BCUT2D eigenvalue weighted by atomic mass is 9.98. The van der Waals surface area contributed by atoms with Gasteiger partial charge in [-0.15, -0.1) is 0 Å². The van der Waals surface area contributed by atoms with Crippen LogP contribution >= 0.6 is 23.2 Å². The van der Waals surface area contributed by atoms with E-state index >= 15 is 0 Å². The van der Waals surface area contributed by atoms with Crippen LogP contribution in [0.2, 0.25) is 10.0 Å². The first-order valence-corrected chi connectivity index (χ1v) is 11.5. The Balaban J connectivity index is 1.56. The lowest BCUT2D eigenvalue weighted by molar-refractivity contribution is 0.0353. The minimum atomic E-state index is -0.698. The molecule has 3 aromatic rings. The van der Waals surface area contributed by atoms with Crippen LogP contribution < -0.4 is 5.43 Å². The van der Waals surface area contributed by atoms with Crippen molar-refractivity contribution in [2.24, 2.45) is 0 Å². The Kier molecular flexibility index (Phi) is 6.14. The summed E-state index contributed by atoms with van der Waals surface area (Å²) in [5, 5.41) is 0.790. The van der Waals surface area contributed by atoms with Gasteiger partial charge in [-0.2, -0.15) is 0 Å². The third-order valence-electron chi connectivity index (χ3n) is 6.16. The number of hydrogen-bond acceptors (Lipinski definition) is 5. The molecule has 1 atom stereocenters. The van der Waals surface area contributed by atoms with Crippen molar-refractivity contribution in [2.75, 3.05) is 39.4 Å². The van der Waals surface area contributed by atoms with E-state index in [2.05, 4.69) is 4.90 Å². The standard InChI is InChI=1S/C24H21Cl2FN2O4/c25-17-4-2-14(12-18(17)26)21-20-22(30)16-13-15(27)3-5-19(16)33-23(20)24(31)29(21)7-1-6-28-8-10-32-11-9-28/h2-5,12-13,21H,1,6-11H2. The van der Waals surface area contributed by atoms with Gasteiger partial charge in [-0.1, -0.05) is 29.3 Å². The highest BCUT2D eigenvalue weighted by atomic mass is 35.5. The van der Waals surface area contributed by atoms with E-state index in [1.807, 2.05) is 0 Å². The van der Waals surface area contributed by atoms with Gasteiger partial charge in [0.1, 0.15) is 11.4 Å². The van der Waals surface area contributed by atoms with E-state index in [0.717, 1.165) is 25.7 Å². The van der Waals surface area contributed by atoms with Crippen molar-refractivity contribution >= 4 is 40.1 Å². The molecule has 2 aliphatic rings. The van der Waals surface area contributed by atoms with Crippen LogP contribution in [0, 0.1) is 5.82 Å². The predicted octanol–water partition coefficient (Wildman–Crippen LogP) is 4.51. The summed E-state index contributed by atoms with van der Waals surface area (Å²) >= 11 is 12.4. The molecule has 0 spiro atoms. The number of ether oxygens (including phenoxy) is 1. The lowest BCUT2D eigenvalue weighted by Crippen LogP contribution is -2.38. The Hall–Kier alpha value is -2.45. The van der Waals surface area contributed by atoms with Gasteiger partial charge in [0.2, 0.25) is 5.76 Å². The van der Waals surface area contributed by atoms with E-state index in [-0.39, 0.29) is 28.2 Å². The van der Waals surface area contributed by atoms with Crippen molar-refractivity contribution in [3.63, 3.8) is 0 Å². The van der Waals surface area contributed by atoms with Crippen LogP contribution in [0.4, 0.5) is 4.39 Å². The summed E-state index contributed by atoms with van der Waals surface area (Å²) in [5.74, 6) is -0.930. The number of carbonyl (C=O) groups is 1. The zero-order chi connectivity index (χ0) is 23.1. The molecule has 6 nitrogen and oxygen atoms in total. The maximum Gasteiger partial charge on any atom is 0.290 e. The third kappa shape index (κ3) is 4.15. The van der Waals surface area contributed by atoms with Gasteiger partial charge in [-0.05, 0) is 42.3 Å². The summed E-state index contributed by atoms with van der Waals surface area (Å²) in [7, 11) is 0. The molecule has 1 fully saturated rings. The van der Waals surface area contributed by atoms with E-state index in [1.54, 1.807) is 23.1 Å². The normalized spacial score (nSPS) is 18.8. The van der Waals surface area contributed by atoms with Crippen molar-refractivity contribution in [3.05, 3.63) is 79.4 Å². The van der Waals surface area contributed by atoms with Gasteiger partial charge in [0.15, 0.2) is 5.43 Å². The van der Waals surface area contributed by atoms with Crippen LogP contribution in [0.25, 0.3) is 11.0 Å². The zero-order valence-electron chi connectivity index (χ0n) is 17.7. The molecule has 1 amide bonds. The largest absolute Gasteiger partial charge is 0.450 e. The Morgan fingerprint density at radius 2 is 1.79 bits per heavy atom. The van der Waals surface area contributed by atoms with Crippen molar-refractivity contribution in [2.45, 2.75) is 12.5 Å². The van der Waals surface area contributed by atoms with Crippen LogP contribution in [-0.4, -0.2) is 55.1 Å². The smallest absolute Gasteiger partial charge is 0.290 e. The molecular formula is C24H21Cl2FN2O4. The van der Waals surface area contributed by atoms with Crippen LogP contribution in [0.1, 0.15) is 34.1 Å². The zero-order valence-corrected chi connectivity index (χ0v) is 19.2. The second-order valence-electron chi connectivity index (χ2n) is 8.20. The highest BCUT2D eigenvalue weighted by molar-refractivity contribution is 6.42. The van der Waals surface area contributed by atoms with Crippen LogP contribution in [0.5, 0.6) is 0 Å². The number of nitrogens with zero attached hydrogens (tertiary/aromatic N) is 2. The Bertz CT molecular complexity index is 1290. The molecule has 1 unspecified atom stereocenters. The minimum Gasteiger partial charge on any atom is -0.450 e. The highest BCUT2D eigenvalue weighted by Gasteiger charge is 2.42. The molecule has 33 heavy (non-hydrogen) atoms. The second-order valence-corrected chi connectivity index (χ2v) is 9.01. The van der Waals surface area contributed by atoms with E-state index in [9.17, 15) is 14.0 Å².